The van der Waals surface area contributed by atoms with Crippen LogP contribution < -0.4 is 4.74 Å². The summed E-state index contributed by atoms with van der Waals surface area (Å²) >= 11 is 0. The summed E-state index contributed by atoms with van der Waals surface area (Å²) in [4.78, 5) is 15.4. The van der Waals surface area contributed by atoms with E-state index in [-0.39, 0.29) is 5.97 Å². The van der Waals surface area contributed by atoms with Gasteiger partial charge in [-0.25, -0.2) is 4.79 Å². The van der Waals surface area contributed by atoms with Gasteiger partial charge in [0.25, 0.3) is 0 Å². The maximum absolute atomic E-state index is 11.3. The number of aryl methyl sites for hydroxylation is 1. The van der Waals surface area contributed by atoms with Crippen molar-refractivity contribution < 1.29 is 14.3 Å². The van der Waals surface area contributed by atoms with Gasteiger partial charge in [-0.15, -0.1) is 0 Å². The molecular formula is C15H15NO3. The minimum atomic E-state index is -0.337. The van der Waals surface area contributed by atoms with E-state index in [0.717, 1.165) is 17.0 Å². The van der Waals surface area contributed by atoms with Crippen LogP contribution in [0.3, 0.4) is 0 Å². The van der Waals surface area contributed by atoms with Gasteiger partial charge in [0.1, 0.15) is 12.4 Å². The van der Waals surface area contributed by atoms with Crippen LogP contribution in [0, 0.1) is 6.92 Å². The summed E-state index contributed by atoms with van der Waals surface area (Å²) in [5.41, 5.74) is 2.37. The Morgan fingerprint density at radius 3 is 2.58 bits per heavy atom. The van der Waals surface area contributed by atoms with Crippen molar-refractivity contribution in [2.45, 2.75) is 13.5 Å². The van der Waals surface area contributed by atoms with Crippen LogP contribution in [0.15, 0.2) is 42.6 Å². The van der Waals surface area contributed by atoms with Crippen molar-refractivity contribution in [1.29, 1.82) is 0 Å². The van der Waals surface area contributed by atoms with Crippen molar-refractivity contribution >= 4 is 5.97 Å². The van der Waals surface area contributed by atoms with Crippen LogP contribution in [-0.4, -0.2) is 18.1 Å². The standard InChI is InChI=1S/C15H15NO3/c1-11-14(4-3-9-16-11)19-10-12-5-7-13(8-6-12)15(17)18-2/h3-9H,10H2,1-2H3. The summed E-state index contributed by atoms with van der Waals surface area (Å²) in [6.07, 6.45) is 1.73. The van der Waals surface area contributed by atoms with Crippen molar-refractivity contribution in [1.82, 2.24) is 4.98 Å². The molecule has 0 saturated heterocycles. The van der Waals surface area contributed by atoms with Crippen LogP contribution in [0.1, 0.15) is 21.6 Å². The fourth-order valence-electron chi connectivity index (χ4n) is 1.64. The van der Waals surface area contributed by atoms with Gasteiger partial charge in [0, 0.05) is 6.20 Å². The summed E-state index contributed by atoms with van der Waals surface area (Å²) in [5, 5.41) is 0. The molecule has 0 amide bonds. The normalized spacial score (nSPS) is 10.0. The molecule has 0 aliphatic carbocycles. The smallest absolute Gasteiger partial charge is 0.337 e. The Balaban J connectivity index is 2.01. The van der Waals surface area contributed by atoms with Gasteiger partial charge in [-0.3, -0.25) is 4.98 Å². The molecule has 0 aliphatic heterocycles. The maximum atomic E-state index is 11.3. The van der Waals surface area contributed by atoms with Gasteiger partial charge in [0.05, 0.1) is 18.4 Å². The van der Waals surface area contributed by atoms with Crippen molar-refractivity contribution in [2.24, 2.45) is 0 Å². The Morgan fingerprint density at radius 1 is 1.21 bits per heavy atom. The molecule has 0 unspecified atom stereocenters. The van der Waals surface area contributed by atoms with Gasteiger partial charge in [-0.1, -0.05) is 12.1 Å². The number of methoxy groups -OCH3 is 1. The minimum absolute atomic E-state index is 0.337. The van der Waals surface area contributed by atoms with Crippen LogP contribution in [0.5, 0.6) is 5.75 Å². The molecule has 19 heavy (non-hydrogen) atoms. The summed E-state index contributed by atoms with van der Waals surface area (Å²) < 4.78 is 10.3. The molecule has 0 N–H and O–H groups in total. The van der Waals surface area contributed by atoms with Gasteiger partial charge >= 0.3 is 5.97 Å². The predicted molar refractivity (Wildman–Crippen MR) is 71.1 cm³/mol. The van der Waals surface area contributed by atoms with Crippen molar-refractivity contribution in [3.63, 3.8) is 0 Å². The molecule has 0 bridgehead atoms. The second kappa shape index (κ2) is 6.00. The molecular weight excluding hydrogens is 242 g/mol. The van der Waals surface area contributed by atoms with E-state index in [1.54, 1.807) is 18.3 Å². The Morgan fingerprint density at radius 2 is 1.95 bits per heavy atom. The average Bonchev–Trinajstić information content (AvgIpc) is 2.46. The molecule has 2 aromatic rings. The molecule has 4 nitrogen and oxygen atoms in total. The van der Waals surface area contributed by atoms with Gasteiger partial charge in [0.15, 0.2) is 0 Å². The van der Waals surface area contributed by atoms with Gasteiger partial charge < -0.3 is 9.47 Å². The fourth-order valence-corrected chi connectivity index (χ4v) is 1.64. The lowest BCUT2D eigenvalue weighted by atomic mass is 10.1. The first-order valence-electron chi connectivity index (χ1n) is 5.92. The highest BCUT2D eigenvalue weighted by Gasteiger charge is 2.05. The van der Waals surface area contributed by atoms with E-state index in [1.807, 2.05) is 31.2 Å². The number of esters is 1. The van der Waals surface area contributed by atoms with E-state index >= 15 is 0 Å². The highest BCUT2D eigenvalue weighted by Crippen LogP contribution is 2.16. The lowest BCUT2D eigenvalue weighted by molar-refractivity contribution is 0.0600. The Labute approximate surface area is 112 Å². The molecule has 2 rings (SSSR count). The van der Waals surface area contributed by atoms with E-state index in [0.29, 0.717) is 12.2 Å². The molecule has 0 atom stereocenters. The summed E-state index contributed by atoms with van der Waals surface area (Å²) in [6, 6.07) is 10.9. The Kier molecular flexibility index (Phi) is 4.13. The topological polar surface area (TPSA) is 48.4 Å². The molecule has 4 heteroatoms. The molecule has 1 aromatic carbocycles. The third-order valence-electron chi connectivity index (χ3n) is 2.73. The quantitative estimate of drug-likeness (QED) is 0.790. The maximum Gasteiger partial charge on any atom is 0.337 e. The number of benzene rings is 1. The second-order valence-electron chi connectivity index (χ2n) is 4.06. The SMILES string of the molecule is COC(=O)c1ccc(COc2cccnc2C)cc1. The zero-order valence-corrected chi connectivity index (χ0v) is 10.9. The highest BCUT2D eigenvalue weighted by atomic mass is 16.5. The van der Waals surface area contributed by atoms with E-state index in [2.05, 4.69) is 9.72 Å². The third kappa shape index (κ3) is 3.31. The number of carbonyl (C=O) groups is 1. The van der Waals surface area contributed by atoms with Crippen molar-refractivity contribution in [3.8, 4) is 5.75 Å². The molecule has 1 aromatic heterocycles. The summed E-state index contributed by atoms with van der Waals surface area (Å²) in [7, 11) is 1.37. The number of ether oxygens (including phenoxy) is 2. The molecule has 98 valence electrons. The largest absolute Gasteiger partial charge is 0.487 e. The first-order valence-corrected chi connectivity index (χ1v) is 5.92. The first kappa shape index (κ1) is 13.1. The van der Waals surface area contributed by atoms with Crippen molar-refractivity contribution in [2.75, 3.05) is 7.11 Å². The number of carbonyl (C=O) groups excluding carboxylic acids is 1. The van der Waals surface area contributed by atoms with Crippen molar-refractivity contribution in [3.05, 3.63) is 59.4 Å². The highest BCUT2D eigenvalue weighted by molar-refractivity contribution is 5.89. The van der Waals surface area contributed by atoms with Gasteiger partial charge in [0.2, 0.25) is 0 Å². The van der Waals surface area contributed by atoms with Crippen LogP contribution in [0.2, 0.25) is 0 Å². The van der Waals surface area contributed by atoms with Gasteiger partial charge in [-0.05, 0) is 36.8 Å². The number of hydrogen-bond donors (Lipinski definition) is 0. The predicted octanol–water partition coefficient (Wildman–Crippen LogP) is 2.76. The Hall–Kier alpha value is -2.36. The third-order valence-corrected chi connectivity index (χ3v) is 2.73. The zero-order valence-electron chi connectivity index (χ0n) is 10.9. The molecule has 0 spiro atoms. The number of nitrogens with zero attached hydrogens (tertiary/aromatic N) is 1. The van der Waals surface area contributed by atoms with Crippen LogP contribution in [0.25, 0.3) is 0 Å². The zero-order chi connectivity index (χ0) is 13.7. The average molecular weight is 257 g/mol. The summed E-state index contributed by atoms with van der Waals surface area (Å²) in [5.74, 6) is 0.426. The van der Waals surface area contributed by atoms with Crippen LogP contribution in [-0.2, 0) is 11.3 Å². The fraction of sp³-hybridized carbons (Fsp3) is 0.200. The number of aromatic nitrogens is 1. The van der Waals surface area contributed by atoms with E-state index in [4.69, 9.17) is 4.74 Å². The lowest BCUT2D eigenvalue weighted by Gasteiger charge is -2.08. The number of hydrogen-bond acceptors (Lipinski definition) is 4. The first-order chi connectivity index (χ1) is 9.20. The van der Waals surface area contributed by atoms with E-state index in [1.165, 1.54) is 7.11 Å². The van der Waals surface area contributed by atoms with Crippen LogP contribution in [0.4, 0.5) is 0 Å². The number of rotatable bonds is 4. The molecule has 0 saturated carbocycles. The second-order valence-corrected chi connectivity index (χ2v) is 4.06. The molecule has 0 fully saturated rings. The molecule has 0 aliphatic rings. The van der Waals surface area contributed by atoms with E-state index in [9.17, 15) is 4.79 Å². The molecule has 1 heterocycles. The molecule has 0 radical (unpaired) electrons. The lowest BCUT2D eigenvalue weighted by Crippen LogP contribution is -2.02. The summed E-state index contributed by atoms with van der Waals surface area (Å²) in [6.45, 7) is 2.34. The van der Waals surface area contributed by atoms with Gasteiger partial charge in [-0.2, -0.15) is 0 Å². The number of pyridine rings is 1. The monoisotopic (exact) mass is 257 g/mol. The van der Waals surface area contributed by atoms with E-state index < -0.39 is 0 Å². The van der Waals surface area contributed by atoms with Crippen LogP contribution >= 0.6 is 0 Å². The Bertz CT molecular complexity index is 564. The minimum Gasteiger partial charge on any atom is -0.487 e.